The van der Waals surface area contributed by atoms with Crippen molar-refractivity contribution in [1.82, 2.24) is 9.78 Å². The van der Waals surface area contributed by atoms with Crippen LogP contribution < -0.4 is 10.1 Å². The van der Waals surface area contributed by atoms with Gasteiger partial charge in [0.1, 0.15) is 5.75 Å². The number of para-hydroxylation sites is 2. The van der Waals surface area contributed by atoms with E-state index in [0.29, 0.717) is 11.6 Å². The smallest absolute Gasteiger partial charge is 0.410 e. The third-order valence-electron chi connectivity index (χ3n) is 2.79. The first-order valence-electron chi connectivity index (χ1n) is 6.46. The van der Waals surface area contributed by atoms with Gasteiger partial charge >= 0.3 is 6.09 Å². The maximum absolute atomic E-state index is 11.7. The molecule has 0 aliphatic carbocycles. The van der Waals surface area contributed by atoms with Crippen molar-refractivity contribution in [3.05, 3.63) is 72.9 Å². The van der Waals surface area contributed by atoms with Gasteiger partial charge in [-0.2, -0.15) is 0 Å². The zero-order valence-electron chi connectivity index (χ0n) is 11.1. The first-order valence-corrected chi connectivity index (χ1v) is 6.46. The second kappa shape index (κ2) is 5.92. The highest BCUT2D eigenvalue weighted by Gasteiger charge is 2.07. The zero-order chi connectivity index (χ0) is 14.5. The molecule has 0 bridgehead atoms. The molecule has 5 nitrogen and oxygen atoms in total. The van der Waals surface area contributed by atoms with E-state index in [9.17, 15) is 4.79 Å². The van der Waals surface area contributed by atoms with E-state index >= 15 is 0 Å². The summed E-state index contributed by atoms with van der Waals surface area (Å²) in [5.74, 6) is 0.914. The molecule has 3 rings (SSSR count). The van der Waals surface area contributed by atoms with E-state index < -0.39 is 6.09 Å². The summed E-state index contributed by atoms with van der Waals surface area (Å²) in [6.07, 6.45) is 1.20. The van der Waals surface area contributed by atoms with Crippen molar-refractivity contribution in [1.29, 1.82) is 0 Å². The Kier molecular flexibility index (Phi) is 3.64. The lowest BCUT2D eigenvalue weighted by molar-refractivity contribution is 0.215. The topological polar surface area (TPSA) is 56.2 Å². The van der Waals surface area contributed by atoms with Gasteiger partial charge in [0.2, 0.25) is 0 Å². The Balaban J connectivity index is 1.66. The van der Waals surface area contributed by atoms with E-state index in [1.807, 2.05) is 36.4 Å². The fraction of sp³-hybridized carbons (Fsp3) is 0. The van der Waals surface area contributed by atoms with Crippen LogP contribution in [-0.2, 0) is 0 Å². The molecule has 1 N–H and O–H groups in total. The summed E-state index contributed by atoms with van der Waals surface area (Å²) in [5, 5.41) is 6.85. The molecule has 21 heavy (non-hydrogen) atoms. The second-order valence-electron chi connectivity index (χ2n) is 4.31. The van der Waals surface area contributed by atoms with Crippen molar-refractivity contribution in [2.24, 2.45) is 0 Å². The van der Waals surface area contributed by atoms with Crippen LogP contribution in [0.5, 0.6) is 5.75 Å². The highest BCUT2D eigenvalue weighted by molar-refractivity contribution is 5.85. The maximum atomic E-state index is 11.7. The van der Waals surface area contributed by atoms with Crippen molar-refractivity contribution in [2.75, 3.05) is 5.32 Å². The Bertz CT molecular complexity index is 724. The van der Waals surface area contributed by atoms with E-state index in [1.54, 1.807) is 41.2 Å². The average Bonchev–Trinajstić information content (AvgIpc) is 2.97. The fourth-order valence-corrected chi connectivity index (χ4v) is 1.84. The predicted octanol–water partition coefficient (Wildman–Crippen LogP) is 3.48. The summed E-state index contributed by atoms with van der Waals surface area (Å²) in [5.41, 5.74) is 0.918. The number of anilines is 1. The number of nitrogens with one attached hydrogen (secondary N) is 1. The largest absolute Gasteiger partial charge is 0.418 e. The first kappa shape index (κ1) is 12.9. The standard InChI is InChI=1S/C16H13N3O2/c20-16(21-14-9-5-2-6-10-14)17-15-11-12-19(18-15)13-7-3-1-4-8-13/h1-12H,(H,17,18,20). The molecule has 0 aliphatic heterocycles. The minimum atomic E-state index is -0.570. The van der Waals surface area contributed by atoms with Crippen LogP contribution in [0.15, 0.2) is 72.9 Å². The molecule has 2 aromatic carbocycles. The van der Waals surface area contributed by atoms with Crippen LogP contribution in [0.1, 0.15) is 0 Å². The van der Waals surface area contributed by atoms with Gasteiger partial charge < -0.3 is 4.74 Å². The van der Waals surface area contributed by atoms with Gasteiger partial charge in [-0.1, -0.05) is 36.4 Å². The number of amides is 1. The lowest BCUT2D eigenvalue weighted by Crippen LogP contribution is -2.17. The van der Waals surface area contributed by atoms with Crippen molar-refractivity contribution < 1.29 is 9.53 Å². The van der Waals surface area contributed by atoms with Gasteiger partial charge in [-0.05, 0) is 24.3 Å². The van der Waals surface area contributed by atoms with Crippen molar-refractivity contribution >= 4 is 11.9 Å². The summed E-state index contributed by atoms with van der Waals surface area (Å²) < 4.78 is 6.81. The number of ether oxygens (including phenoxy) is 1. The number of hydrogen-bond acceptors (Lipinski definition) is 3. The van der Waals surface area contributed by atoms with Gasteiger partial charge in [0.05, 0.1) is 5.69 Å². The number of hydrogen-bond donors (Lipinski definition) is 1. The van der Waals surface area contributed by atoms with E-state index in [4.69, 9.17) is 4.74 Å². The van der Waals surface area contributed by atoms with Crippen molar-refractivity contribution in [3.8, 4) is 11.4 Å². The van der Waals surface area contributed by atoms with Crippen LogP contribution >= 0.6 is 0 Å². The van der Waals surface area contributed by atoms with Gasteiger partial charge in [0.25, 0.3) is 0 Å². The molecule has 0 fully saturated rings. The van der Waals surface area contributed by atoms with Crippen LogP contribution in [0.2, 0.25) is 0 Å². The molecular formula is C16H13N3O2. The SMILES string of the molecule is O=C(Nc1ccn(-c2ccccc2)n1)Oc1ccccc1. The number of carbonyl (C=O) groups excluding carboxylic acids is 1. The molecule has 1 amide bonds. The zero-order valence-corrected chi connectivity index (χ0v) is 11.1. The third kappa shape index (κ3) is 3.27. The van der Waals surface area contributed by atoms with Gasteiger partial charge in [-0.15, -0.1) is 5.10 Å². The van der Waals surface area contributed by atoms with Crippen LogP contribution in [-0.4, -0.2) is 15.9 Å². The Morgan fingerprint density at radius 1 is 0.952 bits per heavy atom. The average molecular weight is 279 g/mol. The van der Waals surface area contributed by atoms with Gasteiger partial charge in [-0.3, -0.25) is 5.32 Å². The summed E-state index contributed by atoms with van der Waals surface area (Å²) in [4.78, 5) is 11.7. The number of nitrogens with zero attached hydrogens (tertiary/aromatic N) is 2. The van der Waals surface area contributed by atoms with Crippen LogP contribution in [0, 0.1) is 0 Å². The summed E-state index contributed by atoms with van der Waals surface area (Å²) in [6.45, 7) is 0. The molecule has 5 heteroatoms. The van der Waals surface area contributed by atoms with E-state index in [2.05, 4.69) is 10.4 Å². The highest BCUT2D eigenvalue weighted by atomic mass is 16.6. The highest BCUT2D eigenvalue weighted by Crippen LogP contribution is 2.12. The van der Waals surface area contributed by atoms with Crippen LogP contribution in [0.4, 0.5) is 10.6 Å². The van der Waals surface area contributed by atoms with Crippen molar-refractivity contribution in [3.63, 3.8) is 0 Å². The van der Waals surface area contributed by atoms with Crippen molar-refractivity contribution in [2.45, 2.75) is 0 Å². The normalized spacial score (nSPS) is 10.1. The van der Waals surface area contributed by atoms with Crippen LogP contribution in [0.3, 0.4) is 0 Å². The molecule has 0 atom stereocenters. The van der Waals surface area contributed by atoms with E-state index in [-0.39, 0.29) is 0 Å². The fourth-order valence-electron chi connectivity index (χ4n) is 1.84. The van der Waals surface area contributed by atoms with Gasteiger partial charge in [-0.25, -0.2) is 9.48 Å². The Labute approximate surface area is 121 Å². The monoisotopic (exact) mass is 279 g/mol. The molecule has 0 saturated carbocycles. The molecule has 3 aromatic rings. The van der Waals surface area contributed by atoms with Crippen LogP contribution in [0.25, 0.3) is 5.69 Å². The number of aromatic nitrogens is 2. The lowest BCUT2D eigenvalue weighted by Gasteiger charge is -2.04. The van der Waals surface area contributed by atoms with E-state index in [0.717, 1.165) is 5.69 Å². The molecule has 104 valence electrons. The Hall–Kier alpha value is -3.08. The Morgan fingerprint density at radius 3 is 2.33 bits per heavy atom. The quantitative estimate of drug-likeness (QED) is 0.798. The minimum absolute atomic E-state index is 0.430. The van der Waals surface area contributed by atoms with Gasteiger partial charge in [0.15, 0.2) is 5.82 Å². The van der Waals surface area contributed by atoms with Gasteiger partial charge in [0, 0.05) is 12.3 Å². The summed E-state index contributed by atoms with van der Waals surface area (Å²) >= 11 is 0. The molecule has 0 spiro atoms. The molecular weight excluding hydrogens is 266 g/mol. The molecule has 0 unspecified atom stereocenters. The third-order valence-corrected chi connectivity index (χ3v) is 2.79. The molecule has 0 aliphatic rings. The molecule has 0 saturated heterocycles. The summed E-state index contributed by atoms with van der Waals surface area (Å²) in [7, 11) is 0. The Morgan fingerprint density at radius 2 is 1.62 bits per heavy atom. The number of benzene rings is 2. The minimum Gasteiger partial charge on any atom is -0.410 e. The second-order valence-corrected chi connectivity index (χ2v) is 4.31. The summed E-state index contributed by atoms with van der Waals surface area (Å²) in [6, 6.07) is 20.2. The molecule has 1 aromatic heterocycles. The number of rotatable bonds is 3. The lowest BCUT2D eigenvalue weighted by atomic mass is 10.3. The van der Waals surface area contributed by atoms with E-state index in [1.165, 1.54) is 0 Å². The maximum Gasteiger partial charge on any atom is 0.418 e. The predicted molar refractivity (Wildman–Crippen MR) is 79.7 cm³/mol. The molecule has 0 radical (unpaired) electrons. The first-order chi connectivity index (χ1) is 10.3. The number of carbonyl (C=O) groups is 1. The molecule has 1 heterocycles.